The van der Waals surface area contributed by atoms with Crippen LogP contribution in [-0.4, -0.2) is 15.7 Å². The van der Waals surface area contributed by atoms with Crippen LogP contribution in [-0.2, 0) is 6.42 Å². The molecule has 1 aromatic carbocycles. The van der Waals surface area contributed by atoms with Crippen LogP contribution in [0.5, 0.6) is 0 Å². The topological polar surface area (TPSA) is 34.9 Å². The molecule has 0 saturated heterocycles. The summed E-state index contributed by atoms with van der Waals surface area (Å²) >= 11 is 0. The quantitative estimate of drug-likeness (QED) is 0.609. The summed E-state index contributed by atoms with van der Waals surface area (Å²) in [5.74, 6) is -0.0251. The zero-order chi connectivity index (χ0) is 17.5. The second kappa shape index (κ2) is 8.81. The number of rotatable bonds is 8. The first kappa shape index (κ1) is 18.4. The molecule has 0 aliphatic heterocycles. The molecule has 1 heterocycles. The Morgan fingerprint density at radius 1 is 1.00 bits per heavy atom. The van der Waals surface area contributed by atoms with Crippen LogP contribution in [0.1, 0.15) is 78.3 Å². The van der Waals surface area contributed by atoms with E-state index in [1.165, 1.54) is 44.1 Å². The highest BCUT2D eigenvalue weighted by molar-refractivity contribution is 5.97. The molecule has 0 atom stereocenters. The molecule has 0 unspecified atom stereocenters. The molecule has 2 rings (SSSR count). The molecule has 0 fully saturated rings. The predicted molar refractivity (Wildman–Crippen MR) is 99.7 cm³/mol. The van der Waals surface area contributed by atoms with E-state index in [4.69, 9.17) is 0 Å². The highest BCUT2D eigenvalue weighted by Gasteiger charge is 2.18. The molecule has 0 aliphatic carbocycles. The first-order chi connectivity index (χ1) is 11.6. The van der Waals surface area contributed by atoms with Crippen molar-refractivity contribution in [1.82, 2.24) is 9.78 Å². The van der Waals surface area contributed by atoms with Crippen molar-refractivity contribution in [3.63, 3.8) is 0 Å². The van der Waals surface area contributed by atoms with Gasteiger partial charge in [-0.05, 0) is 50.8 Å². The van der Waals surface area contributed by atoms with E-state index in [0.29, 0.717) is 0 Å². The molecule has 0 spiro atoms. The largest absolute Gasteiger partial charge is 0.278 e. The van der Waals surface area contributed by atoms with E-state index in [0.717, 1.165) is 28.9 Å². The van der Waals surface area contributed by atoms with Gasteiger partial charge in [-0.15, -0.1) is 0 Å². The first-order valence-corrected chi connectivity index (χ1v) is 9.21. The number of carbonyl (C=O) groups is 1. The molecule has 1 aromatic heterocycles. The van der Waals surface area contributed by atoms with E-state index in [1.807, 2.05) is 45.0 Å². The lowest BCUT2D eigenvalue weighted by Crippen LogP contribution is -2.16. The fourth-order valence-electron chi connectivity index (χ4n) is 3.24. The van der Waals surface area contributed by atoms with Crippen molar-refractivity contribution in [1.29, 1.82) is 0 Å². The third-order valence-corrected chi connectivity index (χ3v) is 4.79. The van der Waals surface area contributed by atoms with E-state index in [2.05, 4.69) is 12.0 Å². The van der Waals surface area contributed by atoms with Gasteiger partial charge in [-0.25, -0.2) is 4.68 Å². The number of aromatic nitrogens is 2. The number of hydrogen-bond acceptors (Lipinski definition) is 2. The van der Waals surface area contributed by atoms with Gasteiger partial charge in [0.2, 0.25) is 0 Å². The lowest BCUT2D eigenvalue weighted by molar-refractivity contribution is 0.0941. The Kier molecular flexibility index (Phi) is 6.77. The van der Waals surface area contributed by atoms with Crippen LogP contribution in [0.15, 0.2) is 24.3 Å². The van der Waals surface area contributed by atoms with E-state index < -0.39 is 0 Å². The highest BCUT2D eigenvalue weighted by Crippen LogP contribution is 2.19. The number of nitrogens with zero attached hydrogens (tertiary/aromatic N) is 2. The van der Waals surface area contributed by atoms with E-state index in [9.17, 15) is 4.79 Å². The van der Waals surface area contributed by atoms with Crippen molar-refractivity contribution in [2.75, 3.05) is 0 Å². The third-order valence-electron chi connectivity index (χ3n) is 4.79. The fraction of sp³-hybridized carbons (Fsp3) is 0.524. The van der Waals surface area contributed by atoms with Crippen molar-refractivity contribution in [2.24, 2.45) is 0 Å². The average Bonchev–Trinajstić information content (AvgIpc) is 2.85. The minimum atomic E-state index is -0.0251. The Morgan fingerprint density at radius 2 is 1.67 bits per heavy atom. The Balaban J connectivity index is 2.06. The Hall–Kier alpha value is -1.90. The van der Waals surface area contributed by atoms with Crippen LogP contribution < -0.4 is 0 Å². The third kappa shape index (κ3) is 4.34. The van der Waals surface area contributed by atoms with Gasteiger partial charge in [0.1, 0.15) is 0 Å². The predicted octanol–water partition coefficient (Wildman–Crippen LogP) is 5.40. The van der Waals surface area contributed by atoms with Crippen molar-refractivity contribution in [3.05, 3.63) is 52.3 Å². The van der Waals surface area contributed by atoms with Gasteiger partial charge in [0.05, 0.1) is 5.69 Å². The molecule has 0 amide bonds. The van der Waals surface area contributed by atoms with Gasteiger partial charge in [-0.1, -0.05) is 57.2 Å². The monoisotopic (exact) mass is 326 g/mol. The summed E-state index contributed by atoms with van der Waals surface area (Å²) in [7, 11) is 0. The number of benzene rings is 1. The first-order valence-electron chi connectivity index (χ1n) is 9.21. The molecule has 130 valence electrons. The van der Waals surface area contributed by atoms with Crippen molar-refractivity contribution in [2.45, 2.75) is 72.6 Å². The number of carbonyl (C=O) groups excluding carboxylic acids is 1. The van der Waals surface area contributed by atoms with Crippen LogP contribution in [0.3, 0.4) is 0 Å². The van der Waals surface area contributed by atoms with Crippen molar-refractivity contribution >= 4 is 5.91 Å². The lowest BCUT2D eigenvalue weighted by Gasteiger charge is -2.07. The fourth-order valence-corrected chi connectivity index (χ4v) is 3.24. The summed E-state index contributed by atoms with van der Waals surface area (Å²) in [6.45, 7) is 8.24. The van der Waals surface area contributed by atoms with Crippen LogP contribution in [0.4, 0.5) is 0 Å². The molecule has 0 radical (unpaired) electrons. The molecular formula is C21H30N2O. The van der Waals surface area contributed by atoms with Gasteiger partial charge >= 0.3 is 0 Å². The van der Waals surface area contributed by atoms with Crippen molar-refractivity contribution in [3.8, 4) is 0 Å². The van der Waals surface area contributed by atoms with E-state index in [1.54, 1.807) is 4.68 Å². The van der Waals surface area contributed by atoms with Gasteiger partial charge in [-0.3, -0.25) is 4.79 Å². The average molecular weight is 326 g/mol. The summed E-state index contributed by atoms with van der Waals surface area (Å²) in [4.78, 5) is 12.8. The Morgan fingerprint density at radius 3 is 2.38 bits per heavy atom. The van der Waals surface area contributed by atoms with Crippen LogP contribution in [0, 0.1) is 20.8 Å². The molecule has 3 nitrogen and oxygen atoms in total. The summed E-state index contributed by atoms with van der Waals surface area (Å²) < 4.78 is 1.59. The van der Waals surface area contributed by atoms with Crippen LogP contribution in [0.25, 0.3) is 0 Å². The number of unbranched alkanes of at least 4 members (excludes halogenated alkanes) is 5. The molecule has 3 heteroatoms. The molecule has 0 bridgehead atoms. The van der Waals surface area contributed by atoms with Gasteiger partial charge in [0.25, 0.3) is 5.91 Å². The maximum Gasteiger partial charge on any atom is 0.278 e. The number of hydrogen-bond donors (Lipinski definition) is 0. The highest BCUT2D eigenvalue weighted by atomic mass is 16.2. The van der Waals surface area contributed by atoms with E-state index in [-0.39, 0.29) is 5.91 Å². The molecule has 0 aliphatic rings. The molecular weight excluding hydrogens is 296 g/mol. The summed E-state index contributed by atoms with van der Waals surface area (Å²) in [6.07, 6.45) is 8.71. The number of aryl methyl sites for hydroxylation is 2. The Labute approximate surface area is 146 Å². The molecule has 0 saturated carbocycles. The Bertz CT molecular complexity index is 685. The second-order valence-corrected chi connectivity index (χ2v) is 6.70. The van der Waals surface area contributed by atoms with E-state index >= 15 is 0 Å². The van der Waals surface area contributed by atoms with Gasteiger partial charge in [-0.2, -0.15) is 5.10 Å². The molecule has 24 heavy (non-hydrogen) atoms. The summed E-state index contributed by atoms with van der Waals surface area (Å²) in [6, 6.07) is 7.71. The lowest BCUT2D eigenvalue weighted by atomic mass is 10.0. The molecule has 0 N–H and O–H groups in total. The minimum absolute atomic E-state index is 0.0251. The normalized spacial score (nSPS) is 11.0. The minimum Gasteiger partial charge on any atom is -0.267 e. The van der Waals surface area contributed by atoms with Gasteiger partial charge in [0, 0.05) is 11.3 Å². The molecule has 2 aromatic rings. The maximum atomic E-state index is 12.8. The van der Waals surface area contributed by atoms with Crippen LogP contribution in [0.2, 0.25) is 0 Å². The summed E-state index contributed by atoms with van der Waals surface area (Å²) in [5, 5.41) is 4.52. The second-order valence-electron chi connectivity index (χ2n) is 6.70. The maximum absolute atomic E-state index is 12.8. The van der Waals surface area contributed by atoms with Gasteiger partial charge < -0.3 is 0 Å². The van der Waals surface area contributed by atoms with Crippen LogP contribution >= 0.6 is 0 Å². The zero-order valence-corrected chi connectivity index (χ0v) is 15.6. The smallest absolute Gasteiger partial charge is 0.267 e. The van der Waals surface area contributed by atoms with Gasteiger partial charge in [0.15, 0.2) is 0 Å². The van der Waals surface area contributed by atoms with Crippen molar-refractivity contribution < 1.29 is 4.79 Å². The SMILES string of the molecule is CCCCCCCCc1c(C)nn(C(=O)c2ccccc2C)c1C. The summed E-state index contributed by atoms with van der Waals surface area (Å²) in [5.41, 5.74) is 4.95. The standard InChI is InChI=1S/C21H30N2O/c1-5-6-7-8-9-10-15-20-17(3)22-23(18(20)4)21(24)19-14-12-11-13-16(19)2/h11-14H,5-10,15H2,1-4H3. The zero-order valence-electron chi connectivity index (χ0n) is 15.6.